The summed E-state index contributed by atoms with van der Waals surface area (Å²) in [5.41, 5.74) is 1.03. The molecule has 29 heavy (non-hydrogen) atoms. The van der Waals surface area contributed by atoms with Crippen molar-refractivity contribution in [1.29, 1.82) is 5.26 Å². The number of aromatic nitrogens is 1. The number of halogens is 2. The third kappa shape index (κ3) is 4.29. The molecule has 2 aliphatic rings. The maximum absolute atomic E-state index is 13.6. The van der Waals surface area contributed by atoms with Crippen LogP contribution in [0.2, 0.25) is 5.02 Å². The molecule has 1 aromatic carbocycles. The quantitative estimate of drug-likeness (QED) is 0.830. The highest BCUT2D eigenvalue weighted by atomic mass is 35.5. The topological polar surface area (TPSA) is 72.3 Å². The summed E-state index contributed by atoms with van der Waals surface area (Å²) in [5, 5.41) is 15.4. The molecule has 1 N–H and O–H groups in total. The molecule has 2 atom stereocenters. The Hall–Kier alpha value is -2.43. The first-order valence-electron chi connectivity index (χ1n) is 9.89. The zero-order valence-electron chi connectivity index (χ0n) is 16.0. The van der Waals surface area contributed by atoms with Crippen LogP contribution in [0.4, 0.5) is 10.1 Å². The summed E-state index contributed by atoms with van der Waals surface area (Å²) < 4.78 is 13.6. The van der Waals surface area contributed by atoms with Crippen LogP contribution in [-0.4, -0.2) is 65.1 Å². The Kier molecular flexibility index (Phi) is 5.84. The van der Waals surface area contributed by atoms with Crippen LogP contribution in [0.1, 0.15) is 19.3 Å². The molecule has 2 fully saturated rings. The summed E-state index contributed by atoms with van der Waals surface area (Å²) in [6.07, 6.45) is 4.35. The lowest BCUT2D eigenvalue weighted by Gasteiger charge is -2.33. The Bertz CT molecular complexity index is 940. The molecule has 0 bridgehead atoms. The second-order valence-electron chi connectivity index (χ2n) is 7.73. The van der Waals surface area contributed by atoms with Gasteiger partial charge in [-0.15, -0.1) is 0 Å². The normalized spacial score (nSPS) is 23.3. The van der Waals surface area contributed by atoms with Gasteiger partial charge in [0.1, 0.15) is 12.2 Å². The monoisotopic (exact) mass is 415 g/mol. The molecule has 2 aliphatic heterocycles. The van der Waals surface area contributed by atoms with Gasteiger partial charge in [0.15, 0.2) is 0 Å². The van der Waals surface area contributed by atoms with Crippen LogP contribution in [0.25, 0.3) is 10.8 Å². The Morgan fingerprint density at radius 3 is 2.86 bits per heavy atom. The minimum Gasteiger partial charge on any atom is -0.382 e. The molecule has 1 unspecified atom stereocenters. The number of benzene rings is 1. The average Bonchev–Trinajstić information content (AvgIpc) is 3.13. The average molecular weight is 416 g/mol. The van der Waals surface area contributed by atoms with Gasteiger partial charge in [0.2, 0.25) is 5.91 Å². The van der Waals surface area contributed by atoms with E-state index >= 15 is 0 Å². The molecular weight excluding hydrogens is 393 g/mol. The molecule has 1 amide bonds. The van der Waals surface area contributed by atoms with Crippen molar-refractivity contribution >= 4 is 34.0 Å². The second kappa shape index (κ2) is 8.52. The lowest BCUT2D eigenvalue weighted by Crippen LogP contribution is -2.46. The number of nitrogens with one attached hydrogen (secondary N) is 1. The molecule has 0 spiro atoms. The van der Waals surface area contributed by atoms with Crippen LogP contribution >= 0.6 is 11.6 Å². The first-order chi connectivity index (χ1) is 14.0. The number of amides is 1. The number of fused-ring (bicyclic) bond motifs is 1. The van der Waals surface area contributed by atoms with Gasteiger partial charge in [0.05, 0.1) is 24.2 Å². The smallest absolute Gasteiger partial charge is 0.237 e. The van der Waals surface area contributed by atoms with Gasteiger partial charge in [-0.05, 0) is 31.0 Å². The minimum atomic E-state index is -1.09. The van der Waals surface area contributed by atoms with Crippen LogP contribution in [0.3, 0.4) is 0 Å². The summed E-state index contributed by atoms with van der Waals surface area (Å²) in [4.78, 5) is 20.1. The number of hydrogen-bond acceptors (Lipinski definition) is 5. The van der Waals surface area contributed by atoms with Gasteiger partial charge in [-0.3, -0.25) is 14.7 Å². The van der Waals surface area contributed by atoms with E-state index in [9.17, 15) is 9.18 Å². The number of rotatable bonds is 4. The van der Waals surface area contributed by atoms with Crippen molar-refractivity contribution in [2.45, 2.75) is 37.5 Å². The van der Waals surface area contributed by atoms with Crippen molar-refractivity contribution in [3.63, 3.8) is 0 Å². The van der Waals surface area contributed by atoms with Gasteiger partial charge in [0, 0.05) is 54.4 Å². The number of nitrogens with zero attached hydrogens (tertiary/aromatic N) is 4. The van der Waals surface area contributed by atoms with E-state index in [1.165, 1.54) is 4.90 Å². The number of carbonyl (C=O) groups excluding carboxylic acids is 1. The number of anilines is 1. The van der Waals surface area contributed by atoms with Crippen molar-refractivity contribution in [1.82, 2.24) is 14.8 Å². The lowest BCUT2D eigenvalue weighted by atomic mass is 10.0. The molecule has 0 saturated carbocycles. The van der Waals surface area contributed by atoms with Crippen molar-refractivity contribution in [2.75, 3.05) is 31.5 Å². The van der Waals surface area contributed by atoms with Crippen molar-refractivity contribution in [3.05, 3.63) is 35.6 Å². The number of nitriles is 1. The predicted molar refractivity (Wildman–Crippen MR) is 110 cm³/mol. The molecule has 0 aliphatic carbocycles. The summed E-state index contributed by atoms with van der Waals surface area (Å²) in [6, 6.07) is 7.52. The molecular formula is C21H23ClFN5O. The number of hydrogen-bond donors (Lipinski definition) is 1. The Morgan fingerprint density at radius 1 is 1.31 bits per heavy atom. The van der Waals surface area contributed by atoms with E-state index in [1.807, 2.05) is 24.3 Å². The predicted octanol–water partition coefficient (Wildman–Crippen LogP) is 3.23. The van der Waals surface area contributed by atoms with E-state index in [4.69, 9.17) is 16.9 Å². The zero-order chi connectivity index (χ0) is 20.4. The standard InChI is InChI=1S/C21H23ClFN5O/c22-19-1-2-20(17-3-6-25-11-18(17)19)26-15-4-7-27(8-5-15)13-21(29)28-12-14(23)9-16(28)10-24/h1-3,6,11,14-16,26H,4-5,7-9,12-13H2/t14-,16?/m0/s1. The van der Waals surface area contributed by atoms with Crippen LogP contribution < -0.4 is 5.32 Å². The minimum absolute atomic E-state index is 0.0353. The molecule has 2 aromatic rings. The fraction of sp³-hybridized carbons (Fsp3) is 0.476. The molecule has 8 heteroatoms. The van der Waals surface area contributed by atoms with Crippen LogP contribution in [0.15, 0.2) is 30.6 Å². The highest BCUT2D eigenvalue weighted by Crippen LogP contribution is 2.30. The second-order valence-corrected chi connectivity index (χ2v) is 8.14. The molecule has 1 aromatic heterocycles. The third-order valence-electron chi connectivity index (χ3n) is 5.79. The molecule has 152 valence electrons. The maximum Gasteiger partial charge on any atom is 0.237 e. The Balaban J connectivity index is 1.33. The number of pyridine rings is 1. The highest BCUT2D eigenvalue weighted by molar-refractivity contribution is 6.36. The van der Waals surface area contributed by atoms with Crippen molar-refractivity contribution in [3.8, 4) is 6.07 Å². The highest BCUT2D eigenvalue weighted by Gasteiger charge is 2.36. The SMILES string of the molecule is N#CC1C[C@H](F)CN1C(=O)CN1CCC(Nc2ccc(Cl)c3cnccc23)CC1. The summed E-state index contributed by atoms with van der Waals surface area (Å²) in [6.45, 7) is 1.84. The summed E-state index contributed by atoms with van der Waals surface area (Å²) in [7, 11) is 0. The van der Waals surface area contributed by atoms with Crippen LogP contribution in [0.5, 0.6) is 0 Å². The van der Waals surface area contributed by atoms with E-state index < -0.39 is 12.2 Å². The Morgan fingerprint density at radius 2 is 2.10 bits per heavy atom. The van der Waals surface area contributed by atoms with Gasteiger partial charge in [-0.2, -0.15) is 5.26 Å². The van der Waals surface area contributed by atoms with E-state index in [0.29, 0.717) is 11.1 Å². The number of carbonyl (C=O) groups is 1. The van der Waals surface area contributed by atoms with Crippen molar-refractivity contribution in [2.24, 2.45) is 0 Å². The molecule has 0 radical (unpaired) electrons. The van der Waals surface area contributed by atoms with Gasteiger partial charge in [-0.1, -0.05) is 11.6 Å². The fourth-order valence-corrected chi connectivity index (χ4v) is 4.42. The first-order valence-corrected chi connectivity index (χ1v) is 10.3. The zero-order valence-corrected chi connectivity index (χ0v) is 16.8. The van der Waals surface area contributed by atoms with E-state index in [2.05, 4.69) is 15.2 Å². The molecule has 6 nitrogen and oxygen atoms in total. The van der Waals surface area contributed by atoms with Gasteiger partial charge in [-0.25, -0.2) is 4.39 Å². The van der Waals surface area contributed by atoms with E-state index in [1.54, 1.807) is 12.4 Å². The number of alkyl halides is 1. The van der Waals surface area contributed by atoms with Crippen LogP contribution in [0, 0.1) is 11.3 Å². The maximum atomic E-state index is 13.6. The van der Waals surface area contributed by atoms with Gasteiger partial charge in [0.25, 0.3) is 0 Å². The Labute approximate surface area is 174 Å². The number of piperidine rings is 1. The molecule has 2 saturated heterocycles. The molecule has 4 rings (SSSR count). The largest absolute Gasteiger partial charge is 0.382 e. The lowest BCUT2D eigenvalue weighted by molar-refractivity contribution is -0.132. The summed E-state index contributed by atoms with van der Waals surface area (Å²) >= 11 is 6.27. The van der Waals surface area contributed by atoms with Crippen molar-refractivity contribution < 1.29 is 9.18 Å². The van der Waals surface area contributed by atoms with Gasteiger partial charge >= 0.3 is 0 Å². The van der Waals surface area contributed by atoms with E-state index in [-0.39, 0.29) is 25.4 Å². The van der Waals surface area contributed by atoms with E-state index in [0.717, 1.165) is 42.4 Å². The third-order valence-corrected chi connectivity index (χ3v) is 6.12. The van der Waals surface area contributed by atoms with Crippen LogP contribution in [-0.2, 0) is 4.79 Å². The first kappa shape index (κ1) is 19.9. The number of likely N-dealkylation sites (tertiary alicyclic amines) is 2. The van der Waals surface area contributed by atoms with Gasteiger partial charge < -0.3 is 10.2 Å². The fourth-order valence-electron chi connectivity index (χ4n) is 4.20. The summed E-state index contributed by atoms with van der Waals surface area (Å²) in [5.74, 6) is -0.153. The molecule has 3 heterocycles.